The van der Waals surface area contributed by atoms with Gasteiger partial charge in [-0.05, 0) is 37.0 Å². The minimum absolute atomic E-state index is 0.0504. The number of pyridine rings is 1. The molecule has 1 aromatic heterocycles. The number of morpholine rings is 1. The number of aromatic nitrogens is 1. The Hall–Kier alpha value is -2.20. The molecular formula is C19H22N2O2. The fourth-order valence-electron chi connectivity index (χ4n) is 2.93. The molecule has 120 valence electrons. The highest BCUT2D eigenvalue weighted by molar-refractivity contribution is 5.93. The van der Waals surface area contributed by atoms with Crippen molar-refractivity contribution < 1.29 is 9.53 Å². The SMILES string of the molecule is O=C(c1cccnc1)N1CCO[C@@H](CCCc2ccccc2)C1. The highest BCUT2D eigenvalue weighted by Crippen LogP contribution is 2.15. The van der Waals surface area contributed by atoms with E-state index in [0.29, 0.717) is 25.3 Å². The molecule has 3 rings (SSSR count). The van der Waals surface area contributed by atoms with Crippen molar-refractivity contribution in [1.29, 1.82) is 0 Å². The Morgan fingerprint density at radius 1 is 1.22 bits per heavy atom. The van der Waals surface area contributed by atoms with E-state index in [0.717, 1.165) is 19.3 Å². The monoisotopic (exact) mass is 310 g/mol. The molecule has 0 spiro atoms. The van der Waals surface area contributed by atoms with Crippen LogP contribution in [-0.2, 0) is 11.2 Å². The maximum atomic E-state index is 12.5. The summed E-state index contributed by atoms with van der Waals surface area (Å²) in [5.41, 5.74) is 2.00. The van der Waals surface area contributed by atoms with Gasteiger partial charge in [-0.3, -0.25) is 9.78 Å². The second kappa shape index (κ2) is 7.88. The Kier molecular flexibility index (Phi) is 5.37. The van der Waals surface area contributed by atoms with Gasteiger partial charge in [0.2, 0.25) is 0 Å². The van der Waals surface area contributed by atoms with Gasteiger partial charge in [0.25, 0.3) is 5.91 Å². The number of hydrogen-bond donors (Lipinski definition) is 0. The average Bonchev–Trinajstić information content (AvgIpc) is 2.63. The lowest BCUT2D eigenvalue weighted by Crippen LogP contribution is -2.45. The fraction of sp³-hybridized carbons (Fsp3) is 0.368. The van der Waals surface area contributed by atoms with Crippen LogP contribution in [0.4, 0.5) is 0 Å². The zero-order valence-corrected chi connectivity index (χ0v) is 13.2. The maximum absolute atomic E-state index is 12.5. The number of hydrogen-bond acceptors (Lipinski definition) is 3. The summed E-state index contributed by atoms with van der Waals surface area (Å²) in [5.74, 6) is 0.0504. The summed E-state index contributed by atoms with van der Waals surface area (Å²) >= 11 is 0. The normalized spacial score (nSPS) is 17.9. The number of ether oxygens (including phenoxy) is 1. The summed E-state index contributed by atoms with van der Waals surface area (Å²) in [6.07, 6.45) is 6.55. The van der Waals surface area contributed by atoms with E-state index >= 15 is 0 Å². The van der Waals surface area contributed by atoms with Gasteiger partial charge in [-0.15, -0.1) is 0 Å². The van der Waals surface area contributed by atoms with Gasteiger partial charge < -0.3 is 9.64 Å². The van der Waals surface area contributed by atoms with Crippen molar-refractivity contribution >= 4 is 5.91 Å². The second-order valence-electron chi connectivity index (χ2n) is 5.86. The van der Waals surface area contributed by atoms with Crippen LogP contribution in [0.1, 0.15) is 28.8 Å². The van der Waals surface area contributed by atoms with Crippen LogP contribution in [0, 0.1) is 0 Å². The van der Waals surface area contributed by atoms with Crippen molar-refractivity contribution in [3.63, 3.8) is 0 Å². The van der Waals surface area contributed by atoms with Gasteiger partial charge in [-0.1, -0.05) is 30.3 Å². The Labute approximate surface area is 137 Å². The second-order valence-corrected chi connectivity index (χ2v) is 5.86. The first kappa shape index (κ1) is 15.7. The minimum atomic E-state index is 0.0504. The van der Waals surface area contributed by atoms with Crippen molar-refractivity contribution in [3.05, 3.63) is 66.0 Å². The van der Waals surface area contributed by atoms with E-state index in [-0.39, 0.29) is 12.0 Å². The molecule has 1 aromatic carbocycles. The molecule has 0 bridgehead atoms. The molecule has 4 heteroatoms. The zero-order valence-electron chi connectivity index (χ0n) is 13.2. The molecule has 0 radical (unpaired) electrons. The first-order chi connectivity index (χ1) is 11.3. The van der Waals surface area contributed by atoms with Crippen LogP contribution in [0.5, 0.6) is 0 Å². The lowest BCUT2D eigenvalue weighted by atomic mass is 10.0. The molecule has 1 fully saturated rings. The zero-order chi connectivity index (χ0) is 15.9. The molecule has 0 N–H and O–H groups in total. The summed E-state index contributed by atoms with van der Waals surface area (Å²) < 4.78 is 5.82. The van der Waals surface area contributed by atoms with E-state index in [1.165, 1.54) is 5.56 Å². The smallest absolute Gasteiger partial charge is 0.255 e. The first-order valence-electron chi connectivity index (χ1n) is 8.18. The minimum Gasteiger partial charge on any atom is -0.375 e. The van der Waals surface area contributed by atoms with Crippen LogP contribution in [0.2, 0.25) is 0 Å². The summed E-state index contributed by atoms with van der Waals surface area (Å²) in [5, 5.41) is 0. The standard InChI is InChI=1S/C19H22N2O2/c22-19(17-9-5-11-20-14-17)21-12-13-23-18(15-21)10-4-8-16-6-2-1-3-7-16/h1-3,5-7,9,11,14,18H,4,8,10,12-13,15H2/t18-/m0/s1. The Morgan fingerprint density at radius 2 is 2.09 bits per heavy atom. The summed E-state index contributed by atoms with van der Waals surface area (Å²) in [4.78, 5) is 18.4. The molecule has 0 aliphatic carbocycles. The van der Waals surface area contributed by atoms with Crippen LogP contribution in [0.15, 0.2) is 54.9 Å². The van der Waals surface area contributed by atoms with Gasteiger partial charge in [-0.2, -0.15) is 0 Å². The van der Waals surface area contributed by atoms with Gasteiger partial charge >= 0.3 is 0 Å². The number of carbonyl (C=O) groups is 1. The molecule has 1 aliphatic heterocycles. The van der Waals surface area contributed by atoms with E-state index in [9.17, 15) is 4.79 Å². The molecule has 0 saturated carbocycles. The topological polar surface area (TPSA) is 42.4 Å². The molecule has 23 heavy (non-hydrogen) atoms. The lowest BCUT2D eigenvalue weighted by Gasteiger charge is -2.33. The van der Waals surface area contributed by atoms with E-state index in [2.05, 4.69) is 29.2 Å². The van der Waals surface area contributed by atoms with Crippen molar-refractivity contribution in [1.82, 2.24) is 9.88 Å². The first-order valence-corrected chi connectivity index (χ1v) is 8.18. The highest BCUT2D eigenvalue weighted by Gasteiger charge is 2.24. The number of carbonyl (C=O) groups excluding carboxylic acids is 1. The third-order valence-electron chi connectivity index (χ3n) is 4.17. The van der Waals surface area contributed by atoms with E-state index in [1.54, 1.807) is 18.5 Å². The third kappa shape index (κ3) is 4.39. The van der Waals surface area contributed by atoms with Crippen LogP contribution in [0.25, 0.3) is 0 Å². The Bertz CT molecular complexity index is 616. The molecule has 1 aliphatic rings. The lowest BCUT2D eigenvalue weighted by molar-refractivity contribution is -0.0255. The molecular weight excluding hydrogens is 288 g/mol. The molecule has 4 nitrogen and oxygen atoms in total. The molecule has 2 aromatic rings. The van der Waals surface area contributed by atoms with Crippen molar-refractivity contribution in [2.45, 2.75) is 25.4 Å². The van der Waals surface area contributed by atoms with Gasteiger partial charge in [0.05, 0.1) is 18.3 Å². The molecule has 2 heterocycles. The number of amides is 1. The number of nitrogens with zero attached hydrogens (tertiary/aromatic N) is 2. The van der Waals surface area contributed by atoms with Crippen LogP contribution in [0.3, 0.4) is 0 Å². The van der Waals surface area contributed by atoms with Crippen LogP contribution < -0.4 is 0 Å². The number of rotatable bonds is 5. The van der Waals surface area contributed by atoms with Crippen molar-refractivity contribution in [2.75, 3.05) is 19.7 Å². The van der Waals surface area contributed by atoms with Gasteiger partial charge in [-0.25, -0.2) is 0 Å². The van der Waals surface area contributed by atoms with Crippen molar-refractivity contribution in [2.24, 2.45) is 0 Å². The summed E-state index contributed by atoms with van der Waals surface area (Å²) in [6.45, 7) is 1.94. The van der Waals surface area contributed by atoms with E-state index in [1.807, 2.05) is 17.0 Å². The van der Waals surface area contributed by atoms with Crippen LogP contribution in [-0.4, -0.2) is 41.6 Å². The van der Waals surface area contributed by atoms with E-state index < -0.39 is 0 Å². The molecule has 1 saturated heterocycles. The molecule has 1 atom stereocenters. The predicted molar refractivity (Wildman–Crippen MR) is 89.3 cm³/mol. The Morgan fingerprint density at radius 3 is 2.87 bits per heavy atom. The summed E-state index contributed by atoms with van der Waals surface area (Å²) in [6, 6.07) is 14.1. The third-order valence-corrected chi connectivity index (χ3v) is 4.17. The molecule has 0 unspecified atom stereocenters. The Balaban J connectivity index is 1.49. The van der Waals surface area contributed by atoms with Gasteiger partial charge in [0.15, 0.2) is 0 Å². The average molecular weight is 310 g/mol. The largest absolute Gasteiger partial charge is 0.375 e. The van der Waals surface area contributed by atoms with Gasteiger partial charge in [0.1, 0.15) is 0 Å². The highest BCUT2D eigenvalue weighted by atomic mass is 16.5. The quantitative estimate of drug-likeness (QED) is 0.853. The fourth-order valence-corrected chi connectivity index (χ4v) is 2.93. The number of aryl methyl sites for hydroxylation is 1. The predicted octanol–water partition coefficient (Wildman–Crippen LogP) is 2.95. The van der Waals surface area contributed by atoms with Crippen LogP contribution >= 0.6 is 0 Å². The number of benzene rings is 1. The molecule has 1 amide bonds. The maximum Gasteiger partial charge on any atom is 0.255 e. The van der Waals surface area contributed by atoms with Gasteiger partial charge in [0, 0.05) is 25.5 Å². The van der Waals surface area contributed by atoms with E-state index in [4.69, 9.17) is 4.74 Å². The van der Waals surface area contributed by atoms with Crippen molar-refractivity contribution in [3.8, 4) is 0 Å². The summed E-state index contributed by atoms with van der Waals surface area (Å²) in [7, 11) is 0.